The van der Waals surface area contributed by atoms with Gasteiger partial charge in [-0.1, -0.05) is 47.5 Å². The number of nitrogens with one attached hydrogen (secondary N) is 3. The average molecular weight is 512 g/mol. The minimum atomic E-state index is -4.04. The largest absolute Gasteiger partial charge is 0.384 e. The van der Waals surface area contributed by atoms with Crippen LogP contribution in [0.25, 0.3) is 0 Å². The van der Waals surface area contributed by atoms with Gasteiger partial charge in [0, 0.05) is 23.7 Å². The van der Waals surface area contributed by atoms with Crippen molar-refractivity contribution in [3.63, 3.8) is 0 Å². The molecule has 176 valence electrons. The predicted molar refractivity (Wildman–Crippen MR) is 126 cm³/mol. The number of amides is 2. The van der Waals surface area contributed by atoms with Gasteiger partial charge in [0.2, 0.25) is 21.8 Å². The molecule has 2 amide bonds. The summed E-state index contributed by atoms with van der Waals surface area (Å²) in [5.41, 5.74) is 6.83. The van der Waals surface area contributed by atoms with E-state index in [9.17, 15) is 18.0 Å². The Balaban J connectivity index is 1.57. The molecule has 12 heteroatoms. The van der Waals surface area contributed by atoms with Gasteiger partial charge in [-0.15, -0.1) is 0 Å². The second kappa shape index (κ2) is 10.5. The highest BCUT2D eigenvalue weighted by Crippen LogP contribution is 2.25. The third-order valence-corrected chi connectivity index (χ3v) is 7.32. The standard InChI is InChI=1S/C21H23Cl2N5O4S/c22-15-7-8-18(16(23)10-15)33(31,32)27-12-19(29)28-9-1-2-17(28)21(30)26-11-13-3-5-14(6-4-13)20(24)25/h3-8,10,17,27H,1-2,9,11-12H2,(H3,24,25)(H,26,30)/t17-/m0/s1. The van der Waals surface area contributed by atoms with Crippen LogP contribution < -0.4 is 15.8 Å². The molecule has 0 saturated carbocycles. The van der Waals surface area contributed by atoms with E-state index in [0.717, 1.165) is 5.56 Å². The van der Waals surface area contributed by atoms with Gasteiger partial charge in [-0.25, -0.2) is 13.1 Å². The van der Waals surface area contributed by atoms with Crippen LogP contribution in [-0.4, -0.2) is 50.1 Å². The Kier molecular flexibility index (Phi) is 7.96. The number of halogens is 2. The van der Waals surface area contributed by atoms with Crippen molar-refractivity contribution in [1.29, 1.82) is 5.41 Å². The summed E-state index contributed by atoms with van der Waals surface area (Å²) in [6.45, 7) is 0.0997. The summed E-state index contributed by atoms with van der Waals surface area (Å²) >= 11 is 11.8. The smallest absolute Gasteiger partial charge is 0.243 e. The van der Waals surface area contributed by atoms with Crippen LogP contribution in [0.15, 0.2) is 47.4 Å². The summed E-state index contributed by atoms with van der Waals surface area (Å²) in [7, 11) is -4.04. The van der Waals surface area contributed by atoms with Crippen LogP contribution >= 0.6 is 23.2 Å². The van der Waals surface area contributed by atoms with Crippen molar-refractivity contribution < 1.29 is 18.0 Å². The maximum atomic E-state index is 12.7. The Bertz CT molecular complexity index is 1170. The number of carbonyl (C=O) groups excluding carboxylic acids is 2. The van der Waals surface area contributed by atoms with Crippen LogP contribution in [0.4, 0.5) is 0 Å². The molecule has 2 aromatic carbocycles. The van der Waals surface area contributed by atoms with E-state index in [-0.39, 0.29) is 33.2 Å². The number of nitrogen functional groups attached to an aromatic ring is 1. The molecule has 1 atom stereocenters. The van der Waals surface area contributed by atoms with Gasteiger partial charge in [-0.2, -0.15) is 0 Å². The maximum Gasteiger partial charge on any atom is 0.243 e. The molecule has 9 nitrogen and oxygen atoms in total. The Morgan fingerprint density at radius 2 is 1.85 bits per heavy atom. The molecule has 2 aromatic rings. The highest BCUT2D eigenvalue weighted by molar-refractivity contribution is 7.89. The highest BCUT2D eigenvalue weighted by Gasteiger charge is 2.34. The number of benzene rings is 2. The van der Waals surface area contributed by atoms with Crippen LogP contribution in [0.1, 0.15) is 24.0 Å². The normalized spacial score (nSPS) is 15.9. The van der Waals surface area contributed by atoms with Crippen molar-refractivity contribution in [3.8, 4) is 0 Å². The van der Waals surface area contributed by atoms with Gasteiger partial charge in [0.1, 0.15) is 16.8 Å². The fourth-order valence-corrected chi connectivity index (χ4v) is 5.22. The lowest BCUT2D eigenvalue weighted by Crippen LogP contribution is -2.48. The lowest BCUT2D eigenvalue weighted by atomic mass is 10.1. The summed E-state index contributed by atoms with van der Waals surface area (Å²) in [6.07, 6.45) is 1.11. The van der Waals surface area contributed by atoms with Gasteiger partial charge in [-0.05, 0) is 36.6 Å². The maximum absolute atomic E-state index is 12.7. The number of likely N-dealkylation sites (tertiary alicyclic amines) is 1. The summed E-state index contributed by atoms with van der Waals surface area (Å²) in [5, 5.41) is 10.4. The minimum absolute atomic E-state index is 0.0420. The summed E-state index contributed by atoms with van der Waals surface area (Å²) in [6, 6.07) is 10.1. The highest BCUT2D eigenvalue weighted by atomic mass is 35.5. The first-order valence-electron chi connectivity index (χ1n) is 10.0. The monoisotopic (exact) mass is 511 g/mol. The zero-order valence-corrected chi connectivity index (χ0v) is 19.8. The first-order chi connectivity index (χ1) is 15.6. The number of hydrogen-bond donors (Lipinski definition) is 4. The van der Waals surface area contributed by atoms with Crippen molar-refractivity contribution in [2.45, 2.75) is 30.3 Å². The molecule has 1 aliphatic heterocycles. The van der Waals surface area contributed by atoms with Gasteiger partial charge < -0.3 is 16.0 Å². The van der Waals surface area contributed by atoms with Crippen molar-refractivity contribution in [3.05, 3.63) is 63.6 Å². The number of sulfonamides is 1. The number of carbonyl (C=O) groups is 2. The first kappa shape index (κ1) is 25.0. The second-order valence-electron chi connectivity index (χ2n) is 7.47. The molecule has 0 aromatic heterocycles. The fourth-order valence-electron chi connectivity index (χ4n) is 3.48. The molecule has 3 rings (SSSR count). The third-order valence-electron chi connectivity index (χ3n) is 5.20. The average Bonchev–Trinajstić information content (AvgIpc) is 3.26. The molecule has 0 bridgehead atoms. The quantitative estimate of drug-likeness (QED) is 0.315. The van der Waals surface area contributed by atoms with Crippen LogP contribution in [0.2, 0.25) is 10.0 Å². The molecule has 33 heavy (non-hydrogen) atoms. The number of nitrogens with zero attached hydrogens (tertiary/aromatic N) is 1. The van der Waals surface area contributed by atoms with E-state index in [1.807, 2.05) is 0 Å². The van der Waals surface area contributed by atoms with E-state index in [4.69, 9.17) is 34.3 Å². The zero-order valence-electron chi connectivity index (χ0n) is 17.5. The fraction of sp³-hybridized carbons (Fsp3) is 0.286. The van der Waals surface area contributed by atoms with Gasteiger partial charge in [0.05, 0.1) is 11.6 Å². The lowest BCUT2D eigenvalue weighted by Gasteiger charge is -2.24. The number of amidine groups is 1. The molecular weight excluding hydrogens is 489 g/mol. The van der Waals surface area contributed by atoms with E-state index < -0.39 is 28.5 Å². The molecular formula is C21H23Cl2N5O4S. The summed E-state index contributed by atoms with van der Waals surface area (Å²) < 4.78 is 27.3. The lowest BCUT2D eigenvalue weighted by molar-refractivity contribution is -0.137. The Hall–Kier alpha value is -2.66. The van der Waals surface area contributed by atoms with Crippen molar-refractivity contribution in [2.75, 3.05) is 13.1 Å². The molecule has 0 aliphatic carbocycles. The van der Waals surface area contributed by atoms with Crippen LogP contribution in [0.3, 0.4) is 0 Å². The Labute approximate surface area is 201 Å². The number of nitrogens with two attached hydrogens (primary N) is 1. The Morgan fingerprint density at radius 1 is 1.15 bits per heavy atom. The van der Waals surface area contributed by atoms with Crippen LogP contribution in [0.5, 0.6) is 0 Å². The third kappa shape index (κ3) is 6.23. The van der Waals surface area contributed by atoms with Gasteiger partial charge in [0.25, 0.3) is 0 Å². The van der Waals surface area contributed by atoms with E-state index in [0.29, 0.717) is 24.9 Å². The minimum Gasteiger partial charge on any atom is -0.384 e. The van der Waals surface area contributed by atoms with E-state index >= 15 is 0 Å². The molecule has 0 radical (unpaired) electrons. The molecule has 1 heterocycles. The van der Waals surface area contributed by atoms with Gasteiger partial charge >= 0.3 is 0 Å². The van der Waals surface area contributed by atoms with Crippen molar-refractivity contribution in [2.24, 2.45) is 5.73 Å². The van der Waals surface area contributed by atoms with Crippen molar-refractivity contribution in [1.82, 2.24) is 14.9 Å². The van der Waals surface area contributed by atoms with Gasteiger partial charge in [-0.3, -0.25) is 15.0 Å². The SMILES string of the molecule is N=C(N)c1ccc(CNC(=O)[C@@H]2CCCN2C(=O)CNS(=O)(=O)c2ccc(Cl)cc2Cl)cc1. The summed E-state index contributed by atoms with van der Waals surface area (Å²) in [5.74, 6) is -0.869. The summed E-state index contributed by atoms with van der Waals surface area (Å²) in [4.78, 5) is 26.6. The molecule has 0 unspecified atom stereocenters. The number of hydrogen-bond acceptors (Lipinski definition) is 5. The topological polar surface area (TPSA) is 145 Å². The van der Waals surface area contributed by atoms with Gasteiger partial charge in [0.15, 0.2) is 0 Å². The molecule has 1 aliphatic rings. The van der Waals surface area contributed by atoms with E-state index in [2.05, 4.69) is 10.0 Å². The van der Waals surface area contributed by atoms with Crippen LogP contribution in [0, 0.1) is 5.41 Å². The molecule has 0 spiro atoms. The molecule has 1 saturated heterocycles. The van der Waals surface area contributed by atoms with E-state index in [1.165, 1.54) is 23.1 Å². The van der Waals surface area contributed by atoms with Crippen molar-refractivity contribution >= 4 is 50.9 Å². The van der Waals surface area contributed by atoms with E-state index in [1.54, 1.807) is 24.3 Å². The van der Waals surface area contributed by atoms with Crippen LogP contribution in [-0.2, 0) is 26.2 Å². The Morgan fingerprint density at radius 3 is 2.48 bits per heavy atom. The number of rotatable bonds is 8. The second-order valence-corrected chi connectivity index (χ2v) is 10.1. The zero-order chi connectivity index (χ0) is 24.2. The molecule has 5 N–H and O–H groups in total. The predicted octanol–water partition coefficient (Wildman–Crippen LogP) is 1.86. The first-order valence-corrected chi connectivity index (χ1v) is 12.3. The molecule has 1 fully saturated rings.